The molecule has 0 radical (unpaired) electrons. The minimum atomic E-state index is -1.09. The van der Waals surface area contributed by atoms with E-state index in [2.05, 4.69) is 24.1 Å². The van der Waals surface area contributed by atoms with Crippen LogP contribution in [0.1, 0.15) is 61.2 Å². The SMILES string of the molecule is COc1c(-c2csc(NC(=O)c3cc(Cl)c(/C=C(\C)C(=O)O)c(Cl)c3)n2)cccc1C(CCC(C)C)OC. The molecule has 0 aliphatic heterocycles. The Morgan fingerprint density at radius 2 is 1.84 bits per heavy atom. The number of carbonyl (C=O) groups is 2. The molecule has 1 amide bonds. The zero-order valence-corrected chi connectivity index (χ0v) is 24.1. The Balaban J connectivity index is 1.85. The molecule has 0 fully saturated rings. The smallest absolute Gasteiger partial charge is 0.331 e. The van der Waals surface area contributed by atoms with Crippen molar-refractivity contribution in [1.29, 1.82) is 0 Å². The molecule has 1 heterocycles. The maximum Gasteiger partial charge on any atom is 0.331 e. The molecule has 0 spiro atoms. The fraction of sp³-hybridized carbons (Fsp3) is 0.321. The van der Waals surface area contributed by atoms with E-state index in [9.17, 15) is 9.59 Å². The van der Waals surface area contributed by atoms with Gasteiger partial charge in [0.25, 0.3) is 5.91 Å². The molecule has 2 aromatic carbocycles. The van der Waals surface area contributed by atoms with Crippen molar-refractivity contribution in [2.75, 3.05) is 19.5 Å². The first-order chi connectivity index (χ1) is 18.0. The Bertz CT molecular complexity index is 1330. The molecule has 10 heteroatoms. The molecule has 0 aliphatic rings. The van der Waals surface area contributed by atoms with Crippen LogP contribution in [0.3, 0.4) is 0 Å². The summed E-state index contributed by atoms with van der Waals surface area (Å²) in [6.45, 7) is 5.79. The predicted molar refractivity (Wildman–Crippen MR) is 154 cm³/mol. The number of carboxylic acid groups (broad SMARTS) is 1. The number of para-hydroxylation sites is 1. The number of carbonyl (C=O) groups excluding carboxylic acids is 1. The van der Waals surface area contributed by atoms with Gasteiger partial charge in [0.1, 0.15) is 5.75 Å². The van der Waals surface area contributed by atoms with Gasteiger partial charge in [0.05, 0.1) is 29.0 Å². The number of nitrogens with one attached hydrogen (secondary N) is 1. The maximum absolute atomic E-state index is 12.9. The van der Waals surface area contributed by atoms with Gasteiger partial charge in [-0.25, -0.2) is 9.78 Å². The molecule has 0 bridgehead atoms. The molecular formula is C28H30Cl2N2O5S. The molecule has 2 N–H and O–H groups in total. The molecule has 0 saturated carbocycles. The lowest BCUT2D eigenvalue weighted by atomic mass is 9.96. The number of nitrogens with zero attached hydrogens (tertiary/aromatic N) is 1. The van der Waals surface area contributed by atoms with Gasteiger partial charge in [-0.3, -0.25) is 10.1 Å². The Kier molecular flexibility index (Phi) is 10.3. The molecular weight excluding hydrogens is 547 g/mol. The first kappa shape index (κ1) is 29.6. The summed E-state index contributed by atoms with van der Waals surface area (Å²) in [5.41, 5.74) is 3.01. The number of rotatable bonds is 11. The third-order valence-corrected chi connectivity index (χ3v) is 7.31. The van der Waals surface area contributed by atoms with E-state index >= 15 is 0 Å². The van der Waals surface area contributed by atoms with E-state index in [1.807, 2.05) is 23.6 Å². The number of methoxy groups -OCH3 is 2. The normalized spacial score (nSPS) is 12.5. The number of aromatic nitrogens is 1. The monoisotopic (exact) mass is 576 g/mol. The summed E-state index contributed by atoms with van der Waals surface area (Å²) in [5.74, 6) is -0.300. The van der Waals surface area contributed by atoms with Gasteiger partial charge in [0.15, 0.2) is 5.13 Å². The number of ether oxygens (including phenoxy) is 2. The summed E-state index contributed by atoms with van der Waals surface area (Å²) in [6.07, 6.45) is 3.13. The van der Waals surface area contributed by atoms with Crippen molar-refractivity contribution in [3.8, 4) is 17.0 Å². The van der Waals surface area contributed by atoms with Crippen LogP contribution in [0.5, 0.6) is 5.75 Å². The van der Waals surface area contributed by atoms with E-state index in [0.29, 0.717) is 28.1 Å². The Morgan fingerprint density at radius 3 is 2.42 bits per heavy atom. The highest BCUT2D eigenvalue weighted by Crippen LogP contribution is 2.40. The van der Waals surface area contributed by atoms with Gasteiger partial charge in [0, 0.05) is 40.3 Å². The number of anilines is 1. The topological polar surface area (TPSA) is 97.8 Å². The number of amides is 1. The first-order valence-electron chi connectivity index (χ1n) is 11.9. The number of hydrogen-bond donors (Lipinski definition) is 2. The highest BCUT2D eigenvalue weighted by molar-refractivity contribution is 7.14. The van der Waals surface area contributed by atoms with Crippen LogP contribution < -0.4 is 10.1 Å². The number of hydrogen-bond acceptors (Lipinski definition) is 6. The number of thiazole rings is 1. The van der Waals surface area contributed by atoms with Crippen molar-refractivity contribution >= 4 is 57.6 Å². The van der Waals surface area contributed by atoms with Gasteiger partial charge in [-0.1, -0.05) is 49.2 Å². The highest BCUT2D eigenvalue weighted by Gasteiger charge is 2.21. The van der Waals surface area contributed by atoms with Crippen molar-refractivity contribution in [2.24, 2.45) is 5.92 Å². The summed E-state index contributed by atoms with van der Waals surface area (Å²) in [4.78, 5) is 28.7. The molecule has 7 nitrogen and oxygen atoms in total. The molecule has 3 rings (SSSR count). The average Bonchev–Trinajstić information content (AvgIpc) is 3.34. The molecule has 0 saturated heterocycles. The van der Waals surface area contributed by atoms with Gasteiger partial charge >= 0.3 is 5.97 Å². The number of aliphatic carboxylic acids is 1. The van der Waals surface area contributed by atoms with Gasteiger partial charge in [-0.15, -0.1) is 11.3 Å². The van der Waals surface area contributed by atoms with Crippen LogP contribution in [-0.2, 0) is 9.53 Å². The molecule has 1 unspecified atom stereocenters. The quantitative estimate of drug-likeness (QED) is 0.224. The van der Waals surface area contributed by atoms with Crippen molar-refractivity contribution in [3.05, 3.63) is 68.0 Å². The average molecular weight is 578 g/mol. The van der Waals surface area contributed by atoms with Crippen LogP contribution in [0.2, 0.25) is 10.0 Å². The van der Waals surface area contributed by atoms with E-state index in [1.165, 1.54) is 36.5 Å². The lowest BCUT2D eigenvalue weighted by molar-refractivity contribution is -0.132. The summed E-state index contributed by atoms with van der Waals surface area (Å²) in [5, 5.41) is 14.4. The minimum Gasteiger partial charge on any atom is -0.496 e. The van der Waals surface area contributed by atoms with E-state index < -0.39 is 11.9 Å². The first-order valence-corrected chi connectivity index (χ1v) is 13.6. The second kappa shape index (κ2) is 13.2. The van der Waals surface area contributed by atoms with Gasteiger partial charge in [-0.2, -0.15) is 0 Å². The summed E-state index contributed by atoms with van der Waals surface area (Å²) >= 11 is 13.9. The van der Waals surface area contributed by atoms with E-state index in [0.717, 1.165) is 24.0 Å². The Hall–Kier alpha value is -2.91. The lowest BCUT2D eigenvalue weighted by Crippen LogP contribution is -2.12. The standard InChI is InChI=1S/C28H30Cl2N2O5S/c1-15(2)9-10-24(36-4)19-8-6-7-18(25(19)37-5)23-14-38-28(31-23)32-26(33)17-12-21(29)20(22(30)13-17)11-16(3)27(34)35/h6-8,11-15,24H,9-10H2,1-5H3,(H,34,35)(H,31,32,33)/b16-11+. The van der Waals surface area contributed by atoms with E-state index in [-0.39, 0.29) is 27.3 Å². The zero-order chi connectivity index (χ0) is 28.0. The van der Waals surface area contributed by atoms with Gasteiger partial charge in [-0.05, 0) is 50.0 Å². The van der Waals surface area contributed by atoms with Crippen molar-refractivity contribution in [2.45, 2.75) is 39.7 Å². The van der Waals surface area contributed by atoms with Crippen LogP contribution in [0.4, 0.5) is 5.13 Å². The Morgan fingerprint density at radius 1 is 1.16 bits per heavy atom. The maximum atomic E-state index is 12.9. The molecule has 202 valence electrons. The summed E-state index contributed by atoms with van der Waals surface area (Å²) < 4.78 is 11.6. The largest absolute Gasteiger partial charge is 0.496 e. The molecule has 1 aromatic heterocycles. The number of halogens is 2. The van der Waals surface area contributed by atoms with E-state index in [4.69, 9.17) is 37.8 Å². The van der Waals surface area contributed by atoms with Crippen LogP contribution in [-0.4, -0.2) is 36.2 Å². The molecule has 0 aliphatic carbocycles. The molecule has 38 heavy (non-hydrogen) atoms. The van der Waals surface area contributed by atoms with E-state index in [1.54, 1.807) is 14.2 Å². The minimum absolute atomic E-state index is 0.0672. The van der Waals surface area contributed by atoms with Crippen molar-refractivity contribution < 1.29 is 24.2 Å². The van der Waals surface area contributed by atoms with Gasteiger partial charge in [0.2, 0.25) is 0 Å². The van der Waals surface area contributed by atoms with Crippen LogP contribution >= 0.6 is 34.5 Å². The van der Waals surface area contributed by atoms with Crippen LogP contribution in [0, 0.1) is 5.92 Å². The van der Waals surface area contributed by atoms with Crippen LogP contribution in [0.25, 0.3) is 17.3 Å². The van der Waals surface area contributed by atoms with Crippen LogP contribution in [0.15, 0.2) is 41.3 Å². The summed E-state index contributed by atoms with van der Waals surface area (Å²) in [7, 11) is 3.32. The number of benzene rings is 2. The zero-order valence-electron chi connectivity index (χ0n) is 21.8. The third kappa shape index (κ3) is 7.14. The fourth-order valence-electron chi connectivity index (χ4n) is 3.88. The highest BCUT2D eigenvalue weighted by atomic mass is 35.5. The predicted octanol–water partition coefficient (Wildman–Crippen LogP) is 7.99. The second-order valence-corrected chi connectivity index (χ2v) is 10.8. The molecule has 3 aromatic rings. The lowest BCUT2D eigenvalue weighted by Gasteiger charge is -2.21. The number of carboxylic acids is 1. The Labute approximate surface area is 236 Å². The second-order valence-electron chi connectivity index (χ2n) is 9.10. The third-order valence-electron chi connectivity index (χ3n) is 5.93. The molecule has 1 atom stereocenters. The van der Waals surface area contributed by atoms with Crippen molar-refractivity contribution in [3.63, 3.8) is 0 Å². The summed E-state index contributed by atoms with van der Waals surface area (Å²) in [6, 6.07) is 8.73. The van der Waals surface area contributed by atoms with Gasteiger partial charge < -0.3 is 14.6 Å². The van der Waals surface area contributed by atoms with Crippen molar-refractivity contribution in [1.82, 2.24) is 4.98 Å². The fourth-order valence-corrected chi connectivity index (χ4v) is 5.18.